The molecule has 1 unspecified atom stereocenters. The molecule has 1 atom stereocenters. The molecule has 0 heterocycles. The first-order chi connectivity index (χ1) is 8.49. The fourth-order valence-corrected chi connectivity index (χ4v) is 1.64. The molecule has 0 aliphatic rings. The number of rotatable bonds is 5. The van der Waals surface area contributed by atoms with Crippen molar-refractivity contribution in [1.29, 1.82) is 0 Å². The van der Waals surface area contributed by atoms with Crippen molar-refractivity contribution in [2.24, 2.45) is 0 Å². The molecule has 0 aromatic heterocycles. The van der Waals surface area contributed by atoms with Gasteiger partial charge >= 0.3 is 0 Å². The molecule has 0 fully saturated rings. The number of aryl methyl sites for hydroxylation is 2. The lowest BCUT2D eigenvalue weighted by Crippen LogP contribution is -2.24. The molecule has 0 spiro atoms. The number of aliphatic hydroxyl groups excluding tert-OH is 1. The van der Waals surface area contributed by atoms with Crippen LogP contribution in [0, 0.1) is 13.8 Å². The van der Waals surface area contributed by atoms with Crippen LogP contribution in [0.4, 0.5) is 0 Å². The van der Waals surface area contributed by atoms with Crippen molar-refractivity contribution >= 4 is 12.0 Å². The maximum absolute atomic E-state index is 11.5. The highest BCUT2D eigenvalue weighted by Gasteiger charge is 1.99. The van der Waals surface area contributed by atoms with Gasteiger partial charge < -0.3 is 10.4 Å². The SMILES string of the molecule is Cc1ccc(C=CC(=O)NCCC(C)O)c(C)c1. The van der Waals surface area contributed by atoms with Crippen molar-refractivity contribution in [3.63, 3.8) is 0 Å². The minimum absolute atomic E-state index is 0.129. The average Bonchev–Trinajstić information content (AvgIpc) is 2.27. The Labute approximate surface area is 109 Å². The molecule has 1 amide bonds. The second-order valence-electron chi connectivity index (χ2n) is 4.62. The molecule has 1 aromatic rings. The summed E-state index contributed by atoms with van der Waals surface area (Å²) in [6.07, 6.45) is 3.53. The molecule has 98 valence electrons. The average molecular weight is 247 g/mol. The lowest BCUT2D eigenvalue weighted by Gasteiger charge is -2.04. The first-order valence-corrected chi connectivity index (χ1v) is 6.20. The summed E-state index contributed by atoms with van der Waals surface area (Å²) in [6.45, 7) is 6.27. The van der Waals surface area contributed by atoms with E-state index < -0.39 is 0 Å². The fourth-order valence-electron chi connectivity index (χ4n) is 1.64. The molecular weight excluding hydrogens is 226 g/mol. The zero-order valence-electron chi connectivity index (χ0n) is 11.2. The van der Waals surface area contributed by atoms with Crippen molar-refractivity contribution in [2.45, 2.75) is 33.3 Å². The van der Waals surface area contributed by atoms with Crippen LogP contribution in [0.15, 0.2) is 24.3 Å². The van der Waals surface area contributed by atoms with Crippen LogP contribution in [-0.4, -0.2) is 23.7 Å². The van der Waals surface area contributed by atoms with Crippen molar-refractivity contribution in [2.75, 3.05) is 6.54 Å². The molecule has 0 bridgehead atoms. The zero-order chi connectivity index (χ0) is 13.5. The number of nitrogens with one attached hydrogen (secondary N) is 1. The normalized spacial score (nSPS) is 12.7. The van der Waals surface area contributed by atoms with Gasteiger partial charge in [0.1, 0.15) is 0 Å². The van der Waals surface area contributed by atoms with Crippen molar-refractivity contribution in [3.8, 4) is 0 Å². The highest BCUT2D eigenvalue weighted by molar-refractivity contribution is 5.91. The van der Waals surface area contributed by atoms with Crippen LogP contribution >= 0.6 is 0 Å². The number of amides is 1. The van der Waals surface area contributed by atoms with E-state index in [1.807, 2.05) is 32.1 Å². The lowest BCUT2D eigenvalue weighted by molar-refractivity contribution is -0.116. The first kappa shape index (κ1) is 14.5. The van der Waals surface area contributed by atoms with Gasteiger partial charge in [0.25, 0.3) is 0 Å². The summed E-state index contributed by atoms with van der Waals surface area (Å²) in [5, 5.41) is 11.8. The number of hydrogen-bond donors (Lipinski definition) is 2. The van der Waals surface area contributed by atoms with Gasteiger partial charge in [-0.1, -0.05) is 23.8 Å². The van der Waals surface area contributed by atoms with E-state index >= 15 is 0 Å². The molecule has 0 saturated carbocycles. The molecule has 2 N–H and O–H groups in total. The van der Waals surface area contributed by atoms with E-state index in [-0.39, 0.29) is 12.0 Å². The van der Waals surface area contributed by atoms with E-state index in [0.717, 1.165) is 11.1 Å². The van der Waals surface area contributed by atoms with Gasteiger partial charge in [0, 0.05) is 12.6 Å². The van der Waals surface area contributed by atoms with Crippen LogP contribution in [0.2, 0.25) is 0 Å². The second-order valence-corrected chi connectivity index (χ2v) is 4.62. The number of aliphatic hydroxyl groups is 1. The highest BCUT2D eigenvalue weighted by atomic mass is 16.3. The Kier molecular flexibility index (Phi) is 5.59. The van der Waals surface area contributed by atoms with E-state index in [4.69, 9.17) is 5.11 Å². The smallest absolute Gasteiger partial charge is 0.244 e. The fraction of sp³-hybridized carbons (Fsp3) is 0.400. The lowest BCUT2D eigenvalue weighted by atomic mass is 10.1. The third-order valence-electron chi connectivity index (χ3n) is 2.70. The first-order valence-electron chi connectivity index (χ1n) is 6.20. The quantitative estimate of drug-likeness (QED) is 0.784. The molecule has 3 heteroatoms. The van der Waals surface area contributed by atoms with Gasteiger partial charge in [-0.3, -0.25) is 4.79 Å². The second kappa shape index (κ2) is 6.97. The predicted molar refractivity (Wildman–Crippen MR) is 74.3 cm³/mol. The summed E-state index contributed by atoms with van der Waals surface area (Å²) in [7, 11) is 0. The van der Waals surface area contributed by atoms with E-state index in [9.17, 15) is 4.79 Å². The molecular formula is C15H21NO2. The Morgan fingerprint density at radius 1 is 1.44 bits per heavy atom. The molecule has 0 aliphatic carbocycles. The number of carbonyl (C=O) groups is 1. The summed E-state index contributed by atoms with van der Waals surface area (Å²) in [6, 6.07) is 6.12. The maximum Gasteiger partial charge on any atom is 0.244 e. The van der Waals surface area contributed by atoms with Crippen LogP contribution in [0.1, 0.15) is 30.0 Å². The Morgan fingerprint density at radius 2 is 2.17 bits per heavy atom. The summed E-state index contributed by atoms with van der Waals surface area (Å²) in [5.41, 5.74) is 3.42. The minimum Gasteiger partial charge on any atom is -0.393 e. The third kappa shape index (κ3) is 5.15. The van der Waals surface area contributed by atoms with Gasteiger partial charge in [0.05, 0.1) is 6.10 Å². The molecule has 0 radical (unpaired) electrons. The Morgan fingerprint density at radius 3 is 2.78 bits per heavy atom. The summed E-state index contributed by atoms with van der Waals surface area (Å²) >= 11 is 0. The molecule has 1 aromatic carbocycles. The Balaban J connectivity index is 2.50. The number of carbonyl (C=O) groups excluding carboxylic acids is 1. The minimum atomic E-state index is -0.381. The molecule has 1 rings (SSSR count). The standard InChI is InChI=1S/C15H21NO2/c1-11-4-5-14(12(2)10-11)6-7-15(18)16-9-8-13(3)17/h4-7,10,13,17H,8-9H2,1-3H3,(H,16,18). The monoisotopic (exact) mass is 247 g/mol. The van der Waals surface area contributed by atoms with Crippen LogP contribution in [-0.2, 0) is 4.79 Å². The third-order valence-corrected chi connectivity index (χ3v) is 2.70. The molecule has 18 heavy (non-hydrogen) atoms. The van der Waals surface area contributed by atoms with Gasteiger partial charge in [-0.2, -0.15) is 0 Å². The van der Waals surface area contributed by atoms with Crippen LogP contribution in [0.3, 0.4) is 0 Å². The summed E-state index contributed by atoms with van der Waals surface area (Å²) in [4.78, 5) is 11.5. The molecule has 0 aliphatic heterocycles. The van der Waals surface area contributed by atoms with E-state index in [2.05, 4.69) is 11.4 Å². The van der Waals surface area contributed by atoms with Gasteiger partial charge in [-0.15, -0.1) is 0 Å². The van der Waals surface area contributed by atoms with Gasteiger partial charge in [0.15, 0.2) is 0 Å². The number of benzene rings is 1. The van der Waals surface area contributed by atoms with Crippen LogP contribution < -0.4 is 5.32 Å². The van der Waals surface area contributed by atoms with E-state index in [1.54, 1.807) is 6.92 Å². The van der Waals surface area contributed by atoms with Gasteiger partial charge in [-0.25, -0.2) is 0 Å². The van der Waals surface area contributed by atoms with Crippen molar-refractivity contribution in [1.82, 2.24) is 5.32 Å². The maximum atomic E-state index is 11.5. The topological polar surface area (TPSA) is 49.3 Å². The van der Waals surface area contributed by atoms with Crippen molar-refractivity contribution < 1.29 is 9.90 Å². The Bertz CT molecular complexity index is 436. The van der Waals surface area contributed by atoms with E-state index in [0.29, 0.717) is 13.0 Å². The summed E-state index contributed by atoms with van der Waals surface area (Å²) < 4.78 is 0. The van der Waals surface area contributed by atoms with Crippen LogP contribution in [0.25, 0.3) is 6.08 Å². The van der Waals surface area contributed by atoms with Crippen LogP contribution in [0.5, 0.6) is 0 Å². The summed E-state index contributed by atoms with van der Waals surface area (Å²) in [5.74, 6) is -0.129. The van der Waals surface area contributed by atoms with E-state index in [1.165, 1.54) is 11.6 Å². The van der Waals surface area contributed by atoms with Gasteiger partial charge in [0.2, 0.25) is 5.91 Å². The molecule has 0 saturated heterocycles. The van der Waals surface area contributed by atoms with Crippen molar-refractivity contribution in [3.05, 3.63) is 41.0 Å². The van der Waals surface area contributed by atoms with Gasteiger partial charge in [-0.05, 0) is 44.4 Å². The molecule has 3 nitrogen and oxygen atoms in total. The Hall–Kier alpha value is -1.61. The zero-order valence-corrected chi connectivity index (χ0v) is 11.2. The highest BCUT2D eigenvalue weighted by Crippen LogP contribution is 2.11. The number of hydrogen-bond acceptors (Lipinski definition) is 2. The largest absolute Gasteiger partial charge is 0.393 e. The predicted octanol–water partition coefficient (Wildman–Crippen LogP) is 2.20.